The van der Waals surface area contributed by atoms with Crippen LogP contribution < -0.4 is 0 Å². The summed E-state index contributed by atoms with van der Waals surface area (Å²) in [5.41, 5.74) is 2.56. The number of oxazole rings is 1. The average molecular weight is 531 g/mol. The monoisotopic (exact) mass is 530 g/mol. The van der Waals surface area contributed by atoms with Crippen molar-refractivity contribution in [1.29, 1.82) is 5.26 Å². The van der Waals surface area contributed by atoms with Gasteiger partial charge in [0.25, 0.3) is 11.8 Å². The van der Waals surface area contributed by atoms with Crippen LogP contribution in [0.1, 0.15) is 38.1 Å². The molecule has 37 heavy (non-hydrogen) atoms. The van der Waals surface area contributed by atoms with Gasteiger partial charge in [0.15, 0.2) is 0 Å². The van der Waals surface area contributed by atoms with E-state index in [1.807, 2.05) is 12.1 Å². The molecule has 1 atom stereocenters. The molecule has 9 heteroatoms. The molecule has 1 fully saturated rings. The molecule has 1 saturated heterocycles. The highest BCUT2D eigenvalue weighted by Gasteiger charge is 2.35. The zero-order valence-corrected chi connectivity index (χ0v) is 21.0. The second-order valence-electron chi connectivity index (χ2n) is 8.54. The number of carbonyl (C=O) groups is 2. The third-order valence-electron chi connectivity index (χ3n) is 6.25. The number of amides is 2. The van der Waals surface area contributed by atoms with Gasteiger partial charge in [-0.1, -0.05) is 35.3 Å². The standard InChI is InChI=1S/C28H20Cl2N4O3/c29-22-9-5-19(6-10-22)24-17-33(13-14-34(24)27(35)21-7-11-23(30)12-8-21)28(36)25-16-32-26(37-25)20-3-1-18(15-31)2-4-20/h1-12,16,24H,13-14,17H2. The van der Waals surface area contributed by atoms with Crippen molar-refractivity contribution in [3.05, 3.63) is 111 Å². The van der Waals surface area contributed by atoms with Crippen LogP contribution in [0.3, 0.4) is 0 Å². The minimum Gasteiger partial charge on any atom is -0.431 e. The number of benzene rings is 3. The summed E-state index contributed by atoms with van der Waals surface area (Å²) in [7, 11) is 0. The number of piperazine rings is 1. The fourth-order valence-electron chi connectivity index (χ4n) is 4.29. The molecule has 0 aliphatic carbocycles. The highest BCUT2D eigenvalue weighted by Crippen LogP contribution is 2.30. The van der Waals surface area contributed by atoms with Crippen molar-refractivity contribution in [2.75, 3.05) is 19.6 Å². The highest BCUT2D eigenvalue weighted by atomic mass is 35.5. The Morgan fingerprint density at radius 1 is 0.892 bits per heavy atom. The first-order valence-electron chi connectivity index (χ1n) is 11.5. The Balaban J connectivity index is 1.39. The smallest absolute Gasteiger partial charge is 0.291 e. The van der Waals surface area contributed by atoms with E-state index in [1.54, 1.807) is 70.5 Å². The van der Waals surface area contributed by atoms with Gasteiger partial charge in [-0.2, -0.15) is 5.26 Å². The summed E-state index contributed by atoms with van der Waals surface area (Å²) in [5.74, 6) is -0.0678. The van der Waals surface area contributed by atoms with E-state index < -0.39 is 0 Å². The van der Waals surface area contributed by atoms with Crippen molar-refractivity contribution in [3.8, 4) is 17.5 Å². The van der Waals surface area contributed by atoms with Crippen molar-refractivity contribution in [2.24, 2.45) is 0 Å². The molecule has 1 aliphatic rings. The quantitative estimate of drug-likeness (QED) is 0.329. The maximum absolute atomic E-state index is 13.4. The number of hydrogen-bond donors (Lipinski definition) is 0. The molecule has 7 nitrogen and oxygen atoms in total. The molecular weight excluding hydrogens is 511 g/mol. The molecule has 4 aromatic rings. The topological polar surface area (TPSA) is 90.4 Å². The zero-order chi connectivity index (χ0) is 25.9. The molecule has 1 aromatic heterocycles. The summed E-state index contributed by atoms with van der Waals surface area (Å²) in [6.45, 7) is 0.930. The Morgan fingerprint density at radius 2 is 1.54 bits per heavy atom. The zero-order valence-electron chi connectivity index (χ0n) is 19.5. The second kappa shape index (κ2) is 10.5. The maximum atomic E-state index is 13.4. The van der Waals surface area contributed by atoms with E-state index in [2.05, 4.69) is 11.1 Å². The molecule has 0 N–H and O–H groups in total. The lowest BCUT2D eigenvalue weighted by Crippen LogP contribution is -2.52. The van der Waals surface area contributed by atoms with E-state index in [4.69, 9.17) is 32.9 Å². The van der Waals surface area contributed by atoms with Crippen molar-refractivity contribution >= 4 is 35.0 Å². The van der Waals surface area contributed by atoms with Crippen LogP contribution in [-0.4, -0.2) is 46.2 Å². The molecule has 0 saturated carbocycles. The van der Waals surface area contributed by atoms with Gasteiger partial charge in [0, 0.05) is 40.8 Å². The number of carbonyl (C=O) groups excluding carboxylic acids is 2. The van der Waals surface area contributed by atoms with E-state index in [1.165, 1.54) is 6.20 Å². The van der Waals surface area contributed by atoms with Gasteiger partial charge in [-0.25, -0.2) is 4.98 Å². The number of nitriles is 1. The van der Waals surface area contributed by atoms with Crippen molar-refractivity contribution in [2.45, 2.75) is 6.04 Å². The molecular formula is C28H20Cl2N4O3. The van der Waals surface area contributed by atoms with Crippen LogP contribution >= 0.6 is 23.2 Å². The van der Waals surface area contributed by atoms with Crippen LogP contribution in [0.5, 0.6) is 0 Å². The van der Waals surface area contributed by atoms with Crippen molar-refractivity contribution in [1.82, 2.24) is 14.8 Å². The van der Waals surface area contributed by atoms with E-state index in [0.717, 1.165) is 5.56 Å². The van der Waals surface area contributed by atoms with Gasteiger partial charge in [0.2, 0.25) is 11.7 Å². The largest absolute Gasteiger partial charge is 0.431 e. The van der Waals surface area contributed by atoms with Crippen LogP contribution in [0, 0.1) is 11.3 Å². The van der Waals surface area contributed by atoms with Gasteiger partial charge in [-0.3, -0.25) is 9.59 Å². The first-order chi connectivity index (χ1) is 17.9. The Hall–Kier alpha value is -4.12. The predicted octanol–water partition coefficient (Wildman–Crippen LogP) is 5.86. The first-order valence-corrected chi connectivity index (χ1v) is 12.3. The predicted molar refractivity (Wildman–Crippen MR) is 139 cm³/mol. The minimum absolute atomic E-state index is 0.103. The number of halogens is 2. The van der Waals surface area contributed by atoms with E-state index >= 15 is 0 Å². The Bertz CT molecular complexity index is 1480. The van der Waals surface area contributed by atoms with Crippen LogP contribution in [-0.2, 0) is 0 Å². The lowest BCUT2D eigenvalue weighted by molar-refractivity contribution is 0.0369. The Morgan fingerprint density at radius 3 is 2.19 bits per heavy atom. The molecule has 2 heterocycles. The molecule has 0 radical (unpaired) electrons. The SMILES string of the molecule is N#Cc1ccc(-c2ncc(C(=O)N3CCN(C(=O)c4ccc(Cl)cc4)C(c4ccc(Cl)cc4)C3)o2)cc1. The first kappa shape index (κ1) is 24.6. The van der Waals surface area contributed by atoms with E-state index in [9.17, 15) is 9.59 Å². The molecule has 184 valence electrons. The second-order valence-corrected chi connectivity index (χ2v) is 9.42. The molecule has 1 aliphatic heterocycles. The van der Waals surface area contributed by atoms with Gasteiger partial charge in [-0.05, 0) is 66.2 Å². The third kappa shape index (κ3) is 5.21. The fraction of sp³-hybridized carbons (Fsp3) is 0.143. The summed E-state index contributed by atoms with van der Waals surface area (Å²) in [6.07, 6.45) is 1.40. The van der Waals surface area contributed by atoms with Gasteiger partial charge in [-0.15, -0.1) is 0 Å². The summed E-state index contributed by atoms with van der Waals surface area (Å²) < 4.78 is 5.77. The van der Waals surface area contributed by atoms with Crippen LogP contribution in [0.25, 0.3) is 11.5 Å². The van der Waals surface area contributed by atoms with E-state index in [-0.39, 0.29) is 30.2 Å². The normalized spacial score (nSPS) is 15.3. The molecule has 0 bridgehead atoms. The van der Waals surface area contributed by atoms with Gasteiger partial charge in [0.05, 0.1) is 23.9 Å². The molecule has 0 spiro atoms. The van der Waals surface area contributed by atoms with E-state index in [0.29, 0.717) is 45.7 Å². The molecule has 5 rings (SSSR count). The third-order valence-corrected chi connectivity index (χ3v) is 6.76. The summed E-state index contributed by atoms with van der Waals surface area (Å²) in [4.78, 5) is 34.5. The minimum atomic E-state index is -0.390. The number of hydrogen-bond acceptors (Lipinski definition) is 5. The fourth-order valence-corrected chi connectivity index (χ4v) is 4.54. The average Bonchev–Trinajstić information content (AvgIpc) is 3.43. The summed E-state index contributed by atoms with van der Waals surface area (Å²) in [5, 5.41) is 10.1. The van der Waals surface area contributed by atoms with Crippen LogP contribution in [0.4, 0.5) is 0 Å². The Labute approximate surface area is 223 Å². The molecule has 1 unspecified atom stereocenters. The van der Waals surface area contributed by atoms with Gasteiger partial charge >= 0.3 is 0 Å². The number of nitrogens with zero attached hydrogens (tertiary/aromatic N) is 4. The van der Waals surface area contributed by atoms with Crippen molar-refractivity contribution < 1.29 is 14.0 Å². The number of aromatic nitrogens is 1. The lowest BCUT2D eigenvalue weighted by atomic mass is 10.0. The van der Waals surface area contributed by atoms with Gasteiger partial charge in [0.1, 0.15) is 0 Å². The summed E-state index contributed by atoms with van der Waals surface area (Å²) >= 11 is 12.1. The Kier molecular flexibility index (Phi) is 6.95. The van der Waals surface area contributed by atoms with Gasteiger partial charge < -0.3 is 14.2 Å². The maximum Gasteiger partial charge on any atom is 0.291 e. The van der Waals surface area contributed by atoms with Crippen LogP contribution in [0.15, 0.2) is 83.4 Å². The van der Waals surface area contributed by atoms with Crippen molar-refractivity contribution in [3.63, 3.8) is 0 Å². The molecule has 3 aromatic carbocycles. The number of rotatable bonds is 4. The van der Waals surface area contributed by atoms with Crippen LogP contribution in [0.2, 0.25) is 10.0 Å². The summed E-state index contributed by atoms with van der Waals surface area (Å²) in [6, 6.07) is 22.4. The highest BCUT2D eigenvalue weighted by molar-refractivity contribution is 6.30. The molecule has 2 amide bonds. The lowest BCUT2D eigenvalue weighted by Gasteiger charge is -2.41.